The average Bonchev–Trinajstić information content (AvgIpc) is 3.17. The van der Waals surface area contributed by atoms with Gasteiger partial charge in [-0.2, -0.15) is 0 Å². The van der Waals surface area contributed by atoms with Gasteiger partial charge in [-0.05, 0) is 0 Å². The minimum absolute atomic E-state index is 0. The Labute approximate surface area is 578 Å². The molecular weight excluding hydrogens is 1270 g/mol. The molecule has 0 rings (SSSR count). The molecule has 0 unspecified atom stereocenters. The Kier molecular flexibility index (Phi) is 99.4. The minimum Gasteiger partial charge on any atom is -0.854 e. The molecule has 12 nitrogen and oxygen atoms in total. The van der Waals surface area contributed by atoms with Crippen LogP contribution >= 0.6 is 0 Å². The van der Waals surface area contributed by atoms with Crippen LogP contribution in [0.3, 0.4) is 0 Å². The fraction of sp³-hybridized carbons (Fsp3) is 1.00. The second kappa shape index (κ2) is 62.0. The van der Waals surface area contributed by atoms with Crippen LogP contribution in [0.4, 0.5) is 0 Å². The SMILES string of the molecule is CC(C)(C)C[O-].CC(C)(C)C[O-].CC(C)(C)C[O-].CC(C)(C)C[O-].CC(C)(C)C[O-].CC(C)(C)C[O-].CC(C)(C)C[O-].CC(C)(C)C[O-].CC(C)(C)C[O-].CC(C)(C)C[O-].CC(C)(C)C[O-].CC(C)(C)C[O-].[Y+3].[Y+3].[Y+3].[Y+3]. The minimum atomic E-state index is -0.0139. The Morgan fingerprint density at radius 3 is 0.132 bits per heavy atom. The predicted octanol–water partition coefficient (Wildman–Crippen LogP) is 4.70. The summed E-state index contributed by atoms with van der Waals surface area (Å²) < 4.78 is 0. The maximum atomic E-state index is 9.95. The Balaban J connectivity index is -0.0000000367. The molecule has 0 radical (unpaired) electrons. The summed E-state index contributed by atoms with van der Waals surface area (Å²) in [5, 5.41) is 119. The monoisotopic (exact) mass is 1400 g/mol. The summed E-state index contributed by atoms with van der Waals surface area (Å²) in [6.45, 7) is 69.8. The van der Waals surface area contributed by atoms with Crippen molar-refractivity contribution >= 4 is 0 Å². The molecule has 0 amide bonds. The molecule has 0 aliphatic rings. The average molecular weight is 1400 g/mol. The summed E-state index contributed by atoms with van der Waals surface area (Å²) in [6.07, 6.45) is 0. The van der Waals surface area contributed by atoms with E-state index in [1.165, 1.54) is 0 Å². The van der Waals surface area contributed by atoms with E-state index < -0.39 is 0 Å². The van der Waals surface area contributed by atoms with Crippen LogP contribution < -0.4 is 61.3 Å². The molecule has 0 atom stereocenters. The summed E-state index contributed by atoms with van der Waals surface area (Å²) in [5.41, 5.74) is -0.167. The van der Waals surface area contributed by atoms with E-state index in [2.05, 4.69) is 0 Å². The first-order valence-corrected chi connectivity index (χ1v) is 25.7. The quantitative estimate of drug-likeness (QED) is 0.319. The van der Waals surface area contributed by atoms with Gasteiger partial charge in [0.25, 0.3) is 0 Å². The fourth-order valence-corrected chi connectivity index (χ4v) is 0. The van der Waals surface area contributed by atoms with E-state index in [0.29, 0.717) is 0 Å². The third kappa shape index (κ3) is 289. The molecule has 0 aliphatic heterocycles. The normalized spacial score (nSPS) is 11.4. The fourth-order valence-electron chi connectivity index (χ4n) is 0. The molecule has 0 aromatic rings. The van der Waals surface area contributed by atoms with Gasteiger partial charge >= 0.3 is 131 Å². The van der Waals surface area contributed by atoms with Gasteiger partial charge in [0.05, 0.1) is 0 Å². The van der Waals surface area contributed by atoms with E-state index >= 15 is 0 Å². The van der Waals surface area contributed by atoms with Gasteiger partial charge < -0.3 is 61.3 Å². The maximum absolute atomic E-state index is 9.95. The number of rotatable bonds is 0. The van der Waals surface area contributed by atoms with Crippen LogP contribution in [0.1, 0.15) is 249 Å². The number of hydrogen-bond donors (Lipinski definition) is 0. The van der Waals surface area contributed by atoms with Gasteiger partial charge in [-0.3, -0.25) is 0 Å². The molecule has 0 heterocycles. The van der Waals surface area contributed by atoms with Crippen molar-refractivity contribution in [3.05, 3.63) is 0 Å². The number of hydrogen-bond acceptors (Lipinski definition) is 12. The third-order valence-corrected chi connectivity index (χ3v) is 5.20. The van der Waals surface area contributed by atoms with Crippen molar-refractivity contribution < 1.29 is 192 Å². The Bertz CT molecular complexity index is 728. The molecule has 456 valence electrons. The zero-order valence-corrected chi connectivity index (χ0v) is 69.0. The van der Waals surface area contributed by atoms with Crippen LogP contribution in [0.15, 0.2) is 0 Å². The van der Waals surface area contributed by atoms with Crippen molar-refractivity contribution in [3.8, 4) is 0 Å². The van der Waals surface area contributed by atoms with Gasteiger partial charge in [-0.15, -0.1) is 79.3 Å². The van der Waals surface area contributed by atoms with Crippen LogP contribution in [0.5, 0.6) is 0 Å². The van der Waals surface area contributed by atoms with E-state index in [0.717, 1.165) is 0 Å². The van der Waals surface area contributed by atoms with Crippen LogP contribution in [-0.2, 0) is 131 Å². The first kappa shape index (κ1) is 122. The first-order valence-electron chi connectivity index (χ1n) is 25.7. The zero-order chi connectivity index (χ0) is 62.5. The molecular formula is C60H132O12Y4. The zero-order valence-electron chi connectivity index (χ0n) is 57.7. The largest absolute Gasteiger partial charge is 3.00 e. The standard InChI is InChI=1S/12C5H11O.4Y/c12*1-5(2,3)4-6;;;;/h12*4H2,1-3H3;;;;/q12*-1;4*+3. The van der Waals surface area contributed by atoms with Gasteiger partial charge in [0, 0.05) is 0 Å². The predicted molar refractivity (Wildman–Crippen MR) is 292 cm³/mol. The molecule has 0 aliphatic carbocycles. The van der Waals surface area contributed by atoms with Gasteiger partial charge in [0.1, 0.15) is 0 Å². The second-order valence-electron chi connectivity index (χ2n) is 32.5. The van der Waals surface area contributed by atoms with E-state index in [1.807, 2.05) is 249 Å². The van der Waals surface area contributed by atoms with Crippen LogP contribution in [0.2, 0.25) is 0 Å². The molecule has 0 saturated heterocycles. The summed E-state index contributed by atoms with van der Waals surface area (Å²) in [6, 6.07) is 0. The smallest absolute Gasteiger partial charge is 0.854 e. The molecule has 0 aromatic heterocycles. The first-order chi connectivity index (χ1) is 30.7. The van der Waals surface area contributed by atoms with Crippen molar-refractivity contribution in [2.24, 2.45) is 65.0 Å². The van der Waals surface area contributed by atoms with Gasteiger partial charge in [0.15, 0.2) is 0 Å². The van der Waals surface area contributed by atoms with Crippen molar-refractivity contribution in [1.82, 2.24) is 0 Å². The summed E-state index contributed by atoms with van der Waals surface area (Å²) >= 11 is 0. The summed E-state index contributed by atoms with van der Waals surface area (Å²) in [7, 11) is 0. The molecule has 0 aromatic carbocycles. The van der Waals surface area contributed by atoms with Gasteiger partial charge in [-0.1, -0.05) is 314 Å². The van der Waals surface area contributed by atoms with Gasteiger partial charge in [0.2, 0.25) is 0 Å². The van der Waals surface area contributed by atoms with Crippen LogP contribution in [0, 0.1) is 65.0 Å². The van der Waals surface area contributed by atoms with E-state index in [9.17, 15) is 61.3 Å². The van der Waals surface area contributed by atoms with E-state index in [-0.39, 0.29) is 275 Å². The molecule has 0 bridgehead atoms. The molecule has 16 heteroatoms. The van der Waals surface area contributed by atoms with Crippen molar-refractivity contribution in [2.75, 3.05) is 79.3 Å². The van der Waals surface area contributed by atoms with Crippen molar-refractivity contribution in [1.29, 1.82) is 0 Å². The Hall–Kier alpha value is 3.94. The third-order valence-electron chi connectivity index (χ3n) is 5.20. The van der Waals surface area contributed by atoms with Gasteiger partial charge in [-0.25, -0.2) is 0 Å². The molecule has 76 heavy (non-hydrogen) atoms. The summed E-state index contributed by atoms with van der Waals surface area (Å²) in [5.74, 6) is 0. The van der Waals surface area contributed by atoms with Crippen LogP contribution in [-0.4, -0.2) is 79.3 Å². The van der Waals surface area contributed by atoms with Crippen molar-refractivity contribution in [2.45, 2.75) is 249 Å². The van der Waals surface area contributed by atoms with E-state index in [1.54, 1.807) is 0 Å². The molecule has 0 N–H and O–H groups in total. The summed E-state index contributed by atoms with van der Waals surface area (Å²) in [4.78, 5) is 0. The Morgan fingerprint density at radius 1 is 0.118 bits per heavy atom. The van der Waals surface area contributed by atoms with E-state index in [4.69, 9.17) is 0 Å². The van der Waals surface area contributed by atoms with Crippen LogP contribution in [0.25, 0.3) is 0 Å². The van der Waals surface area contributed by atoms with Crippen molar-refractivity contribution in [3.63, 3.8) is 0 Å². The molecule has 0 saturated carbocycles. The molecule has 0 fully saturated rings. The second-order valence-corrected chi connectivity index (χ2v) is 32.5. The Morgan fingerprint density at radius 2 is 0.132 bits per heavy atom. The topological polar surface area (TPSA) is 277 Å². The molecule has 0 spiro atoms. The maximum Gasteiger partial charge on any atom is 3.00 e.